The van der Waals surface area contributed by atoms with Crippen molar-refractivity contribution in [3.63, 3.8) is 0 Å². The Hall–Kier alpha value is 2.39. The zero-order valence-electron chi connectivity index (χ0n) is 4.70. The third-order valence-electron chi connectivity index (χ3n) is 0.781. The van der Waals surface area contributed by atoms with E-state index < -0.39 is 0 Å². The summed E-state index contributed by atoms with van der Waals surface area (Å²) in [4.78, 5) is 0. The normalized spacial score (nSPS) is 5.40. The Morgan fingerprint density at radius 3 is 1.40 bits per heavy atom. The molecule has 0 aliphatic carbocycles. The minimum absolute atomic E-state index is 0. The molecular formula is C6H17Li4. The van der Waals surface area contributed by atoms with Crippen LogP contribution in [0, 0.1) is 6.42 Å². The van der Waals surface area contributed by atoms with Gasteiger partial charge in [-0.3, -0.25) is 0 Å². The van der Waals surface area contributed by atoms with E-state index >= 15 is 0 Å². The van der Waals surface area contributed by atoms with Crippen molar-refractivity contribution in [1.29, 1.82) is 0 Å². The first-order chi connectivity index (χ1) is 2.91. The molecule has 0 aliphatic rings. The quantitative estimate of drug-likeness (QED) is 0.355. The molecule has 0 aromatic rings. The van der Waals surface area contributed by atoms with Crippen molar-refractivity contribution >= 4 is 75.4 Å². The van der Waals surface area contributed by atoms with Crippen LogP contribution >= 0.6 is 0 Å². The SMILES string of the molecule is CC[CH]CCC.[LiH].[LiH].[LiH].[LiH]. The van der Waals surface area contributed by atoms with Gasteiger partial charge in [0.05, 0.1) is 0 Å². The van der Waals surface area contributed by atoms with E-state index in [0.717, 1.165) is 0 Å². The van der Waals surface area contributed by atoms with E-state index in [2.05, 4.69) is 20.3 Å². The molecule has 0 amide bonds. The van der Waals surface area contributed by atoms with Crippen LogP contribution in [0.2, 0.25) is 0 Å². The van der Waals surface area contributed by atoms with E-state index in [-0.39, 0.29) is 75.4 Å². The Kier molecular flexibility index (Phi) is 88.6. The second-order valence-corrected chi connectivity index (χ2v) is 1.49. The van der Waals surface area contributed by atoms with Crippen LogP contribution in [0.4, 0.5) is 0 Å². The molecule has 0 aromatic heterocycles. The molecule has 0 atom stereocenters. The van der Waals surface area contributed by atoms with Gasteiger partial charge in [-0.05, 0) is 6.42 Å². The summed E-state index contributed by atoms with van der Waals surface area (Å²) in [5.74, 6) is 0. The second-order valence-electron chi connectivity index (χ2n) is 1.49. The van der Waals surface area contributed by atoms with Gasteiger partial charge in [-0.15, -0.1) is 0 Å². The summed E-state index contributed by atoms with van der Waals surface area (Å²) in [6.07, 6.45) is 6.12. The van der Waals surface area contributed by atoms with Crippen molar-refractivity contribution < 1.29 is 0 Å². The van der Waals surface area contributed by atoms with Crippen LogP contribution in [0.3, 0.4) is 0 Å². The molecule has 0 saturated heterocycles. The zero-order valence-corrected chi connectivity index (χ0v) is 4.70. The van der Waals surface area contributed by atoms with E-state index in [0.29, 0.717) is 0 Å². The summed E-state index contributed by atoms with van der Waals surface area (Å²) >= 11 is 0. The molecule has 0 fully saturated rings. The van der Waals surface area contributed by atoms with E-state index in [1.807, 2.05) is 0 Å². The Labute approximate surface area is 114 Å². The fourth-order valence-electron chi connectivity index (χ4n) is 0.408. The topological polar surface area (TPSA) is 0 Å². The number of unbranched alkanes of at least 4 members (excludes halogenated alkanes) is 3. The summed E-state index contributed by atoms with van der Waals surface area (Å²) in [5, 5.41) is 0. The van der Waals surface area contributed by atoms with Crippen LogP contribution in [-0.4, -0.2) is 75.4 Å². The van der Waals surface area contributed by atoms with Crippen molar-refractivity contribution in [2.45, 2.75) is 33.1 Å². The Balaban J connectivity index is -0.0000000208. The van der Waals surface area contributed by atoms with Gasteiger partial charge in [0.25, 0.3) is 0 Å². The molecule has 1 radical (unpaired) electrons. The molecule has 10 heavy (non-hydrogen) atoms. The molecule has 0 N–H and O–H groups in total. The molecule has 45 valence electrons. The third kappa shape index (κ3) is 31.5. The van der Waals surface area contributed by atoms with Crippen LogP contribution in [0.25, 0.3) is 0 Å². The number of hydrogen-bond donors (Lipinski definition) is 0. The van der Waals surface area contributed by atoms with E-state index in [1.54, 1.807) is 0 Å². The molecule has 0 bridgehead atoms. The summed E-state index contributed by atoms with van der Waals surface area (Å²) < 4.78 is 0. The van der Waals surface area contributed by atoms with Crippen molar-refractivity contribution in [3.05, 3.63) is 6.42 Å². The Morgan fingerprint density at radius 1 is 0.900 bits per heavy atom. The van der Waals surface area contributed by atoms with Crippen molar-refractivity contribution in [1.82, 2.24) is 0 Å². The molecule has 0 heterocycles. The van der Waals surface area contributed by atoms with E-state index in [9.17, 15) is 0 Å². The third-order valence-corrected chi connectivity index (χ3v) is 0.781. The van der Waals surface area contributed by atoms with Gasteiger partial charge in [0.1, 0.15) is 0 Å². The molecular weight excluding hydrogens is 99.8 g/mol. The number of rotatable bonds is 3. The summed E-state index contributed by atoms with van der Waals surface area (Å²) in [5.41, 5.74) is 0. The molecule has 0 spiro atoms. The van der Waals surface area contributed by atoms with Crippen molar-refractivity contribution in [2.75, 3.05) is 0 Å². The average molecular weight is 117 g/mol. The van der Waals surface area contributed by atoms with Gasteiger partial charge in [0.2, 0.25) is 0 Å². The van der Waals surface area contributed by atoms with Gasteiger partial charge in [0, 0.05) is 0 Å². The average Bonchev–Trinajstić information content (AvgIpc) is 1.61. The molecule has 0 nitrogen and oxygen atoms in total. The van der Waals surface area contributed by atoms with Crippen LogP contribution in [0.15, 0.2) is 0 Å². The zero-order chi connectivity index (χ0) is 4.83. The van der Waals surface area contributed by atoms with Crippen molar-refractivity contribution in [2.24, 2.45) is 0 Å². The molecule has 0 aromatic carbocycles. The predicted octanol–water partition coefficient (Wildman–Crippen LogP) is -0.193. The summed E-state index contributed by atoms with van der Waals surface area (Å²) in [6, 6.07) is 0. The maximum absolute atomic E-state index is 2.31. The summed E-state index contributed by atoms with van der Waals surface area (Å²) in [7, 11) is 0. The van der Waals surface area contributed by atoms with Gasteiger partial charge >= 0.3 is 75.4 Å². The Morgan fingerprint density at radius 2 is 1.30 bits per heavy atom. The van der Waals surface area contributed by atoms with Gasteiger partial charge in [-0.2, -0.15) is 0 Å². The van der Waals surface area contributed by atoms with Crippen molar-refractivity contribution in [3.8, 4) is 0 Å². The maximum atomic E-state index is 2.31. The minimum atomic E-state index is 0. The van der Waals surface area contributed by atoms with Crippen LogP contribution in [-0.2, 0) is 0 Å². The monoisotopic (exact) mass is 117 g/mol. The summed E-state index contributed by atoms with van der Waals surface area (Å²) in [6.45, 7) is 4.38. The van der Waals surface area contributed by atoms with Gasteiger partial charge in [0.15, 0.2) is 0 Å². The molecule has 4 heteroatoms. The first kappa shape index (κ1) is 29.4. The van der Waals surface area contributed by atoms with Gasteiger partial charge in [-0.25, -0.2) is 0 Å². The van der Waals surface area contributed by atoms with E-state index in [1.165, 1.54) is 19.3 Å². The second kappa shape index (κ2) is 30.1. The fourth-order valence-corrected chi connectivity index (χ4v) is 0.408. The molecule has 0 unspecified atom stereocenters. The first-order valence-electron chi connectivity index (χ1n) is 2.73. The van der Waals surface area contributed by atoms with Crippen LogP contribution in [0.1, 0.15) is 33.1 Å². The first-order valence-corrected chi connectivity index (χ1v) is 2.73. The standard InChI is InChI=1S/C6H13.4Li.4H/c1-3-5-6-4-2;;;;;;;;/h5H,3-4,6H2,1-2H3;;;;;;;;. The Bertz CT molecular complexity index is 21.7. The molecule has 0 rings (SSSR count). The van der Waals surface area contributed by atoms with Gasteiger partial charge < -0.3 is 0 Å². The molecule has 0 saturated carbocycles. The van der Waals surface area contributed by atoms with Crippen LogP contribution in [0.5, 0.6) is 0 Å². The molecule has 0 aliphatic heterocycles. The van der Waals surface area contributed by atoms with Gasteiger partial charge in [-0.1, -0.05) is 33.1 Å². The number of hydrogen-bond acceptors (Lipinski definition) is 0. The van der Waals surface area contributed by atoms with E-state index in [4.69, 9.17) is 0 Å². The predicted molar refractivity (Wildman–Crippen MR) is 58.1 cm³/mol. The van der Waals surface area contributed by atoms with Crippen LogP contribution < -0.4 is 0 Å². The fraction of sp³-hybridized carbons (Fsp3) is 0.833.